The van der Waals surface area contributed by atoms with Gasteiger partial charge in [-0.05, 0) is 24.7 Å². The molecule has 1 saturated heterocycles. The first-order valence-electron chi connectivity index (χ1n) is 8.53. The molecule has 2 aliphatic rings. The highest BCUT2D eigenvalue weighted by molar-refractivity contribution is 6.30. The lowest BCUT2D eigenvalue weighted by molar-refractivity contribution is -0.136. The minimum Gasteiger partial charge on any atom is -0.466 e. The Morgan fingerprint density at radius 2 is 1.88 bits per heavy atom. The highest BCUT2D eigenvalue weighted by atomic mass is 35.5. The van der Waals surface area contributed by atoms with Gasteiger partial charge in [0.15, 0.2) is 0 Å². The summed E-state index contributed by atoms with van der Waals surface area (Å²) in [6, 6.07) is 6.17. The molecule has 26 heavy (non-hydrogen) atoms. The van der Waals surface area contributed by atoms with Gasteiger partial charge < -0.3 is 20.3 Å². The van der Waals surface area contributed by atoms with Gasteiger partial charge in [0.1, 0.15) is 0 Å². The quantitative estimate of drug-likeness (QED) is 0.774. The third-order valence-corrected chi connectivity index (χ3v) is 4.99. The van der Waals surface area contributed by atoms with Gasteiger partial charge in [0.2, 0.25) is 0 Å². The molecule has 7 nitrogen and oxygen atoms in total. The van der Waals surface area contributed by atoms with Crippen LogP contribution in [0, 0.1) is 0 Å². The number of rotatable bonds is 4. The Labute approximate surface area is 157 Å². The van der Waals surface area contributed by atoms with Crippen molar-refractivity contribution in [1.29, 1.82) is 0 Å². The van der Waals surface area contributed by atoms with E-state index in [1.54, 1.807) is 24.3 Å². The van der Waals surface area contributed by atoms with Gasteiger partial charge in [-0.2, -0.15) is 0 Å². The molecule has 3 rings (SSSR count). The monoisotopic (exact) mass is 378 g/mol. The number of methoxy groups -OCH3 is 1. The third kappa shape index (κ3) is 4.17. The van der Waals surface area contributed by atoms with E-state index in [0.717, 1.165) is 31.7 Å². The van der Waals surface area contributed by atoms with Gasteiger partial charge in [-0.3, -0.25) is 4.90 Å². The number of amides is 2. The van der Waals surface area contributed by atoms with E-state index in [-0.39, 0.29) is 6.03 Å². The minimum atomic E-state index is -0.573. The lowest BCUT2D eigenvalue weighted by Crippen LogP contribution is -2.51. The van der Waals surface area contributed by atoms with Crippen LogP contribution in [-0.4, -0.2) is 68.7 Å². The molecule has 1 atom stereocenters. The molecule has 0 bridgehead atoms. The summed E-state index contributed by atoms with van der Waals surface area (Å²) >= 11 is 5.96. The van der Waals surface area contributed by atoms with Crippen molar-refractivity contribution in [3.8, 4) is 0 Å². The van der Waals surface area contributed by atoms with Crippen LogP contribution in [0.1, 0.15) is 11.6 Å². The molecule has 2 N–H and O–H groups in total. The fourth-order valence-electron chi connectivity index (χ4n) is 3.23. The van der Waals surface area contributed by atoms with E-state index in [1.165, 1.54) is 7.11 Å². The van der Waals surface area contributed by atoms with Crippen molar-refractivity contribution in [2.24, 2.45) is 0 Å². The molecule has 0 saturated carbocycles. The van der Waals surface area contributed by atoms with Crippen molar-refractivity contribution >= 4 is 23.6 Å². The maximum Gasteiger partial charge on any atom is 0.338 e. The predicted octanol–water partition coefficient (Wildman–Crippen LogP) is 1.37. The van der Waals surface area contributed by atoms with E-state index in [4.69, 9.17) is 16.3 Å². The number of nitrogens with zero attached hydrogens (tertiary/aromatic N) is 2. The first-order chi connectivity index (χ1) is 12.5. The lowest BCUT2D eigenvalue weighted by atomic mass is 9.95. The third-order valence-electron chi connectivity index (χ3n) is 4.74. The van der Waals surface area contributed by atoms with Gasteiger partial charge in [-0.1, -0.05) is 23.7 Å². The normalized spacial score (nSPS) is 22.0. The molecule has 1 unspecified atom stereocenters. The Morgan fingerprint density at radius 1 is 1.23 bits per heavy atom. The van der Waals surface area contributed by atoms with Gasteiger partial charge in [-0.15, -0.1) is 0 Å². The van der Waals surface area contributed by atoms with Crippen LogP contribution in [-0.2, 0) is 9.53 Å². The van der Waals surface area contributed by atoms with Gasteiger partial charge >= 0.3 is 12.0 Å². The van der Waals surface area contributed by atoms with E-state index in [0.29, 0.717) is 22.8 Å². The fourth-order valence-corrected chi connectivity index (χ4v) is 3.35. The smallest absolute Gasteiger partial charge is 0.338 e. The summed E-state index contributed by atoms with van der Waals surface area (Å²) in [6.07, 6.45) is 0. The van der Waals surface area contributed by atoms with Gasteiger partial charge in [0, 0.05) is 43.4 Å². The number of likely N-dealkylation sites (N-methyl/N-ethyl adjacent to an activating group) is 1. The Hall–Kier alpha value is -2.09. The topological polar surface area (TPSA) is 73.9 Å². The summed E-state index contributed by atoms with van der Waals surface area (Å²) in [4.78, 5) is 29.2. The van der Waals surface area contributed by atoms with E-state index < -0.39 is 12.0 Å². The number of nitrogens with one attached hydrogen (secondary N) is 2. The number of halogens is 1. The maximum absolute atomic E-state index is 12.5. The molecular formula is C18H23ClN4O3. The Bertz CT molecular complexity index is 712. The average Bonchev–Trinajstić information content (AvgIpc) is 2.63. The Kier molecular flexibility index (Phi) is 5.80. The molecule has 8 heteroatoms. The number of carbonyl (C=O) groups excluding carboxylic acids is 2. The van der Waals surface area contributed by atoms with Crippen molar-refractivity contribution in [2.45, 2.75) is 6.04 Å². The van der Waals surface area contributed by atoms with E-state index in [9.17, 15) is 9.59 Å². The van der Waals surface area contributed by atoms with Crippen LogP contribution in [0.15, 0.2) is 35.5 Å². The van der Waals surface area contributed by atoms with Crippen molar-refractivity contribution in [3.05, 3.63) is 46.1 Å². The SMILES string of the molecule is COC(=O)C1=C(CN2CCN(C)CC2)NC(=O)NC1c1ccc(Cl)cc1. The molecule has 0 aliphatic carbocycles. The molecule has 0 aromatic heterocycles. The van der Waals surface area contributed by atoms with Crippen LogP contribution in [0.3, 0.4) is 0 Å². The second-order valence-corrected chi connectivity index (χ2v) is 6.98. The highest BCUT2D eigenvalue weighted by Gasteiger charge is 2.34. The molecule has 2 amide bonds. The second-order valence-electron chi connectivity index (χ2n) is 6.55. The van der Waals surface area contributed by atoms with Crippen LogP contribution in [0.5, 0.6) is 0 Å². The highest BCUT2D eigenvalue weighted by Crippen LogP contribution is 2.29. The number of esters is 1. The average molecular weight is 379 g/mol. The van der Waals surface area contributed by atoms with Crippen molar-refractivity contribution < 1.29 is 14.3 Å². The lowest BCUT2D eigenvalue weighted by Gasteiger charge is -2.35. The van der Waals surface area contributed by atoms with E-state index in [2.05, 4.69) is 27.5 Å². The first kappa shape index (κ1) is 18.7. The molecule has 0 radical (unpaired) electrons. The predicted molar refractivity (Wildman–Crippen MR) is 98.8 cm³/mol. The molecule has 2 heterocycles. The van der Waals surface area contributed by atoms with Crippen LogP contribution in [0.25, 0.3) is 0 Å². The molecule has 1 aromatic carbocycles. The first-order valence-corrected chi connectivity index (χ1v) is 8.91. The van der Waals surface area contributed by atoms with Gasteiger partial charge in [0.25, 0.3) is 0 Å². The number of benzene rings is 1. The zero-order chi connectivity index (χ0) is 18.7. The largest absolute Gasteiger partial charge is 0.466 e. The standard InChI is InChI=1S/C18H23ClN4O3/c1-22-7-9-23(10-8-22)11-14-15(17(24)26-2)16(21-18(25)20-14)12-3-5-13(19)6-4-12/h3-6,16H,7-11H2,1-2H3,(H2,20,21,25). The van der Waals surface area contributed by atoms with E-state index in [1.807, 2.05) is 0 Å². The number of carbonyl (C=O) groups is 2. The summed E-state index contributed by atoms with van der Waals surface area (Å²) in [5.74, 6) is -0.457. The maximum atomic E-state index is 12.5. The Balaban J connectivity index is 1.93. The van der Waals surface area contributed by atoms with Gasteiger partial charge in [-0.25, -0.2) is 9.59 Å². The zero-order valence-electron chi connectivity index (χ0n) is 14.9. The van der Waals surface area contributed by atoms with E-state index >= 15 is 0 Å². The molecule has 1 aromatic rings. The summed E-state index contributed by atoms with van der Waals surface area (Å²) in [6.45, 7) is 4.16. The molecule has 2 aliphatic heterocycles. The number of hydrogen-bond acceptors (Lipinski definition) is 5. The molecule has 1 fully saturated rings. The minimum absolute atomic E-state index is 0.332. The summed E-state index contributed by atoms with van der Waals surface area (Å²) < 4.78 is 5.00. The van der Waals surface area contributed by atoms with Crippen LogP contribution in [0.4, 0.5) is 4.79 Å². The second kappa shape index (κ2) is 8.07. The zero-order valence-corrected chi connectivity index (χ0v) is 15.7. The van der Waals surface area contributed by atoms with Crippen molar-refractivity contribution in [1.82, 2.24) is 20.4 Å². The van der Waals surface area contributed by atoms with Crippen LogP contribution < -0.4 is 10.6 Å². The van der Waals surface area contributed by atoms with Gasteiger partial charge in [0.05, 0.1) is 18.7 Å². The number of piperazine rings is 1. The Morgan fingerprint density at radius 3 is 2.50 bits per heavy atom. The molecule has 140 valence electrons. The van der Waals surface area contributed by atoms with Crippen molar-refractivity contribution in [2.75, 3.05) is 46.9 Å². The fraction of sp³-hybridized carbons (Fsp3) is 0.444. The summed E-state index contributed by atoms with van der Waals surface area (Å²) in [7, 11) is 3.43. The molecule has 0 spiro atoms. The van der Waals surface area contributed by atoms with Crippen molar-refractivity contribution in [3.63, 3.8) is 0 Å². The van der Waals surface area contributed by atoms with Crippen LogP contribution >= 0.6 is 11.6 Å². The van der Waals surface area contributed by atoms with Crippen LogP contribution in [0.2, 0.25) is 5.02 Å². The number of urea groups is 1. The number of ether oxygens (including phenoxy) is 1. The number of hydrogen-bond donors (Lipinski definition) is 2. The summed E-state index contributed by atoms with van der Waals surface area (Å²) in [5, 5.41) is 6.20. The summed E-state index contributed by atoms with van der Waals surface area (Å²) in [5.41, 5.74) is 1.79. The molecular weight excluding hydrogens is 356 g/mol.